The summed E-state index contributed by atoms with van der Waals surface area (Å²) in [6.07, 6.45) is 2.45. The summed E-state index contributed by atoms with van der Waals surface area (Å²) >= 11 is 0. The molecule has 78 valence electrons. The second-order valence-corrected chi connectivity index (χ2v) is 2.75. The maximum atomic E-state index is 5.20. The normalized spacial score (nSPS) is 11.5. The molecule has 1 aromatic heterocycles. The molecular weight excluding hydrogens is 182 g/mol. The van der Waals surface area contributed by atoms with Crippen LogP contribution in [-0.2, 0) is 13.5 Å². The summed E-state index contributed by atoms with van der Waals surface area (Å²) < 4.78 is 1.88. The second kappa shape index (κ2) is 5.18. The smallest absolute Gasteiger partial charge is 0.205 e. The van der Waals surface area contributed by atoms with Crippen LogP contribution in [0.4, 0.5) is 0 Å². The summed E-state index contributed by atoms with van der Waals surface area (Å²) in [5.74, 6) is 6.68. The lowest BCUT2D eigenvalue weighted by atomic mass is 10.4. The van der Waals surface area contributed by atoms with Crippen LogP contribution in [0, 0.1) is 0 Å². The van der Waals surface area contributed by atoms with Crippen molar-refractivity contribution in [3.63, 3.8) is 0 Å². The lowest BCUT2D eigenvalue weighted by Crippen LogP contribution is -2.42. The number of nitrogens with zero attached hydrogens (tertiary/aromatic N) is 4. The third kappa shape index (κ3) is 2.70. The van der Waals surface area contributed by atoms with Crippen molar-refractivity contribution in [3.05, 3.63) is 12.2 Å². The molecular formula is C7H15N7. The predicted molar refractivity (Wildman–Crippen MR) is 53.4 cm³/mol. The highest BCUT2D eigenvalue weighted by Gasteiger charge is 2.00. The van der Waals surface area contributed by atoms with Gasteiger partial charge in [0.15, 0.2) is 0 Å². The third-order valence-corrected chi connectivity index (χ3v) is 1.81. The van der Waals surface area contributed by atoms with E-state index in [-0.39, 0.29) is 0 Å². The molecule has 0 aromatic carbocycles. The molecule has 7 nitrogen and oxygen atoms in total. The highest BCUT2D eigenvalue weighted by Crippen LogP contribution is 1.90. The molecule has 4 N–H and O–H groups in total. The van der Waals surface area contributed by atoms with Gasteiger partial charge in [0, 0.05) is 27.1 Å². The molecule has 0 aliphatic heterocycles. The van der Waals surface area contributed by atoms with Gasteiger partial charge in [-0.15, -0.1) is 10.2 Å². The first-order chi connectivity index (χ1) is 6.77. The summed E-state index contributed by atoms with van der Waals surface area (Å²) in [6, 6.07) is 0. The van der Waals surface area contributed by atoms with E-state index in [9.17, 15) is 0 Å². The lowest BCUT2D eigenvalue weighted by molar-refractivity contribution is 0.735. The molecule has 0 saturated heterocycles. The number of aliphatic imine (C=N–C) groups is 1. The molecule has 0 saturated carbocycles. The van der Waals surface area contributed by atoms with Gasteiger partial charge in [-0.3, -0.25) is 10.4 Å². The van der Waals surface area contributed by atoms with E-state index in [1.807, 2.05) is 11.6 Å². The number of aryl methyl sites for hydroxylation is 1. The lowest BCUT2D eigenvalue weighted by Gasteiger charge is -2.07. The zero-order valence-corrected chi connectivity index (χ0v) is 8.36. The van der Waals surface area contributed by atoms with E-state index in [0.29, 0.717) is 12.5 Å². The molecule has 0 unspecified atom stereocenters. The third-order valence-electron chi connectivity index (χ3n) is 1.81. The summed E-state index contributed by atoms with van der Waals surface area (Å²) in [4.78, 5) is 3.87. The highest BCUT2D eigenvalue weighted by atomic mass is 15.3. The van der Waals surface area contributed by atoms with Crippen molar-refractivity contribution in [3.8, 4) is 0 Å². The Labute approximate surface area is 82.4 Å². The minimum absolute atomic E-state index is 0.562. The largest absolute Gasteiger partial charge is 0.355 e. The van der Waals surface area contributed by atoms with E-state index >= 15 is 0 Å². The summed E-state index contributed by atoms with van der Waals surface area (Å²) in [5.41, 5.74) is 2.44. The van der Waals surface area contributed by atoms with E-state index < -0.39 is 0 Å². The van der Waals surface area contributed by atoms with Crippen LogP contribution in [0.15, 0.2) is 11.3 Å². The first kappa shape index (κ1) is 10.5. The Kier molecular flexibility index (Phi) is 3.86. The molecule has 1 aromatic rings. The van der Waals surface area contributed by atoms with Crippen molar-refractivity contribution < 1.29 is 0 Å². The van der Waals surface area contributed by atoms with Crippen molar-refractivity contribution >= 4 is 5.96 Å². The molecule has 0 aliphatic carbocycles. The number of rotatable bonds is 3. The highest BCUT2D eigenvalue weighted by molar-refractivity contribution is 5.78. The minimum atomic E-state index is 0.562. The first-order valence-electron chi connectivity index (χ1n) is 4.28. The van der Waals surface area contributed by atoms with Gasteiger partial charge in [0.05, 0.1) is 0 Å². The second-order valence-electron chi connectivity index (χ2n) is 2.75. The van der Waals surface area contributed by atoms with E-state index in [1.54, 1.807) is 13.4 Å². The number of nitrogens with two attached hydrogens (primary N) is 1. The fourth-order valence-electron chi connectivity index (χ4n) is 1.02. The van der Waals surface area contributed by atoms with Gasteiger partial charge in [-0.2, -0.15) is 0 Å². The predicted octanol–water partition coefficient (Wildman–Crippen LogP) is -1.60. The van der Waals surface area contributed by atoms with Gasteiger partial charge in [0.1, 0.15) is 12.2 Å². The molecule has 14 heavy (non-hydrogen) atoms. The van der Waals surface area contributed by atoms with Crippen LogP contribution in [-0.4, -0.2) is 34.3 Å². The summed E-state index contributed by atoms with van der Waals surface area (Å²) in [7, 11) is 3.57. The van der Waals surface area contributed by atoms with Gasteiger partial charge in [0.25, 0.3) is 0 Å². The molecule has 7 heteroatoms. The van der Waals surface area contributed by atoms with Crippen LogP contribution in [0.25, 0.3) is 0 Å². The number of hydrogen-bond donors (Lipinski definition) is 3. The van der Waals surface area contributed by atoms with Gasteiger partial charge in [-0.25, -0.2) is 5.84 Å². The Morgan fingerprint density at radius 1 is 1.71 bits per heavy atom. The van der Waals surface area contributed by atoms with Crippen LogP contribution >= 0.6 is 0 Å². The molecule has 1 rings (SSSR count). The maximum Gasteiger partial charge on any atom is 0.205 e. The van der Waals surface area contributed by atoms with Gasteiger partial charge < -0.3 is 9.88 Å². The van der Waals surface area contributed by atoms with E-state index in [4.69, 9.17) is 5.84 Å². The van der Waals surface area contributed by atoms with Gasteiger partial charge in [-0.05, 0) is 0 Å². The number of hydrazine groups is 1. The zero-order valence-electron chi connectivity index (χ0n) is 8.36. The zero-order chi connectivity index (χ0) is 10.4. The van der Waals surface area contributed by atoms with E-state index in [2.05, 4.69) is 25.9 Å². The molecule has 0 aliphatic rings. The summed E-state index contributed by atoms with van der Waals surface area (Å²) in [6.45, 7) is 0.712. The Morgan fingerprint density at radius 3 is 3.00 bits per heavy atom. The minimum Gasteiger partial charge on any atom is -0.355 e. The Morgan fingerprint density at radius 2 is 2.50 bits per heavy atom. The van der Waals surface area contributed by atoms with E-state index in [1.165, 1.54) is 0 Å². The van der Waals surface area contributed by atoms with E-state index in [0.717, 1.165) is 12.2 Å². The van der Waals surface area contributed by atoms with Crippen molar-refractivity contribution in [2.75, 3.05) is 13.6 Å². The number of aromatic nitrogens is 3. The molecule has 1 heterocycles. The quantitative estimate of drug-likeness (QED) is 0.235. The van der Waals surface area contributed by atoms with Gasteiger partial charge in [-0.1, -0.05) is 0 Å². The van der Waals surface area contributed by atoms with Crippen LogP contribution in [0.5, 0.6) is 0 Å². The first-order valence-corrected chi connectivity index (χ1v) is 4.28. The van der Waals surface area contributed by atoms with Gasteiger partial charge in [0.2, 0.25) is 5.96 Å². The van der Waals surface area contributed by atoms with Crippen LogP contribution in [0.1, 0.15) is 5.82 Å². The standard InChI is InChI=1S/C7H15N7/c1-9-7(12-8)10-4-3-6-13-11-5-14(6)2/h5H,3-4,8H2,1-2H3,(H2,9,10,12). The molecule has 0 atom stereocenters. The van der Waals surface area contributed by atoms with Gasteiger partial charge >= 0.3 is 0 Å². The number of hydrogen-bond acceptors (Lipinski definition) is 4. The fourth-order valence-corrected chi connectivity index (χ4v) is 1.02. The van der Waals surface area contributed by atoms with Crippen molar-refractivity contribution in [1.82, 2.24) is 25.5 Å². The molecule has 0 bridgehead atoms. The average molecular weight is 197 g/mol. The Hall–Kier alpha value is -1.63. The number of nitrogens with one attached hydrogen (secondary N) is 2. The Bertz CT molecular complexity index is 303. The average Bonchev–Trinajstić information content (AvgIpc) is 2.59. The molecule has 0 fully saturated rings. The van der Waals surface area contributed by atoms with Crippen LogP contribution in [0.2, 0.25) is 0 Å². The fraction of sp³-hybridized carbons (Fsp3) is 0.571. The molecule has 0 radical (unpaired) electrons. The monoisotopic (exact) mass is 197 g/mol. The van der Waals surface area contributed by atoms with Crippen molar-refractivity contribution in [2.24, 2.45) is 17.9 Å². The van der Waals surface area contributed by atoms with Crippen LogP contribution in [0.3, 0.4) is 0 Å². The molecule has 0 spiro atoms. The van der Waals surface area contributed by atoms with Crippen molar-refractivity contribution in [2.45, 2.75) is 6.42 Å². The van der Waals surface area contributed by atoms with Crippen molar-refractivity contribution in [1.29, 1.82) is 0 Å². The topological polar surface area (TPSA) is 93.2 Å². The Balaban J connectivity index is 2.32. The molecule has 0 amide bonds. The SMILES string of the molecule is CN=C(NN)NCCc1nncn1C. The summed E-state index contributed by atoms with van der Waals surface area (Å²) in [5, 5.41) is 10.7. The van der Waals surface area contributed by atoms with Crippen LogP contribution < -0.4 is 16.6 Å². The number of guanidine groups is 1. The maximum absolute atomic E-state index is 5.20.